The van der Waals surface area contributed by atoms with Gasteiger partial charge in [0.2, 0.25) is 0 Å². The van der Waals surface area contributed by atoms with Crippen LogP contribution in [-0.2, 0) is 0 Å². The highest BCUT2D eigenvalue weighted by Crippen LogP contribution is 2.25. The van der Waals surface area contributed by atoms with E-state index < -0.39 is 0 Å². The van der Waals surface area contributed by atoms with E-state index in [1.165, 1.54) is 6.07 Å². The Morgan fingerprint density at radius 2 is 2.22 bits per heavy atom. The molecule has 18 heavy (non-hydrogen) atoms. The summed E-state index contributed by atoms with van der Waals surface area (Å²) >= 11 is 0. The van der Waals surface area contributed by atoms with Gasteiger partial charge >= 0.3 is 0 Å². The number of benzene rings is 1. The zero-order valence-electron chi connectivity index (χ0n) is 10.8. The summed E-state index contributed by atoms with van der Waals surface area (Å²) in [5.74, 6) is 0.277. The highest BCUT2D eigenvalue weighted by Gasteiger charge is 2.12. The molecule has 0 radical (unpaired) electrons. The van der Waals surface area contributed by atoms with Crippen LogP contribution in [0.15, 0.2) is 18.2 Å². The zero-order valence-corrected chi connectivity index (χ0v) is 10.8. The minimum atomic E-state index is -0.377. The third kappa shape index (κ3) is 4.33. The summed E-state index contributed by atoms with van der Waals surface area (Å²) in [6.07, 6.45) is 1.79. The number of nitro groups is 1. The number of hydrogen-bond donors (Lipinski definition) is 2. The Kier molecular flexibility index (Phi) is 5.58. The quantitative estimate of drug-likeness (QED) is 0.444. The molecule has 0 saturated carbocycles. The first-order valence-corrected chi connectivity index (χ1v) is 6.14. The Morgan fingerprint density at radius 1 is 1.50 bits per heavy atom. The number of aliphatic hydroxyl groups is 1. The summed E-state index contributed by atoms with van der Waals surface area (Å²) in [5, 5.41) is 22.8. The van der Waals surface area contributed by atoms with Gasteiger partial charge in [-0.15, -0.1) is 0 Å². The fraction of sp³-hybridized carbons (Fsp3) is 0.538. The number of anilines is 1. The molecule has 2 N–H and O–H groups in total. The molecule has 0 bridgehead atoms. The van der Waals surface area contributed by atoms with Crippen molar-refractivity contribution in [2.75, 3.05) is 18.5 Å². The van der Waals surface area contributed by atoms with Gasteiger partial charge in [0.25, 0.3) is 5.69 Å². The maximum Gasteiger partial charge on any atom is 0.292 e. The molecule has 1 aromatic rings. The van der Waals surface area contributed by atoms with E-state index in [-0.39, 0.29) is 23.1 Å². The van der Waals surface area contributed by atoms with E-state index in [2.05, 4.69) is 5.32 Å². The summed E-state index contributed by atoms with van der Waals surface area (Å²) in [4.78, 5) is 10.5. The smallest absolute Gasteiger partial charge is 0.292 e. The van der Waals surface area contributed by atoms with Gasteiger partial charge in [-0.25, -0.2) is 0 Å². The van der Waals surface area contributed by atoms with Gasteiger partial charge in [0.05, 0.1) is 4.92 Å². The molecule has 1 atom stereocenters. The predicted molar refractivity (Wildman–Crippen MR) is 71.8 cm³/mol. The number of hydrogen-bond acceptors (Lipinski definition) is 4. The molecular formula is C13H20N2O3. The molecule has 0 aromatic heterocycles. The van der Waals surface area contributed by atoms with Crippen LogP contribution in [-0.4, -0.2) is 23.2 Å². The second-order valence-electron chi connectivity index (χ2n) is 4.63. The molecule has 0 aliphatic rings. The minimum absolute atomic E-state index is 0.107. The van der Waals surface area contributed by atoms with Crippen molar-refractivity contribution in [3.05, 3.63) is 33.9 Å². The van der Waals surface area contributed by atoms with Crippen molar-refractivity contribution < 1.29 is 10.0 Å². The number of aryl methyl sites for hydroxylation is 1. The molecule has 0 heterocycles. The first-order valence-electron chi connectivity index (χ1n) is 6.14. The van der Waals surface area contributed by atoms with Crippen molar-refractivity contribution >= 4 is 11.4 Å². The Balaban J connectivity index is 2.55. The van der Waals surface area contributed by atoms with E-state index in [0.717, 1.165) is 18.4 Å². The van der Waals surface area contributed by atoms with E-state index in [9.17, 15) is 10.1 Å². The molecule has 1 aromatic carbocycles. The molecular weight excluding hydrogens is 232 g/mol. The van der Waals surface area contributed by atoms with Crippen LogP contribution in [0.25, 0.3) is 0 Å². The van der Waals surface area contributed by atoms with Crippen LogP contribution in [0.1, 0.15) is 25.3 Å². The van der Waals surface area contributed by atoms with Crippen LogP contribution >= 0.6 is 0 Å². The Morgan fingerprint density at radius 3 is 2.83 bits per heavy atom. The molecule has 0 amide bonds. The van der Waals surface area contributed by atoms with Gasteiger partial charge < -0.3 is 10.4 Å². The minimum Gasteiger partial charge on any atom is -0.396 e. The van der Waals surface area contributed by atoms with Crippen LogP contribution in [0.3, 0.4) is 0 Å². The molecule has 0 aliphatic heterocycles. The summed E-state index contributed by atoms with van der Waals surface area (Å²) in [5.41, 5.74) is 1.67. The van der Waals surface area contributed by atoms with Crippen LogP contribution in [0, 0.1) is 23.0 Å². The Labute approximate surface area is 107 Å². The molecule has 1 unspecified atom stereocenters. The topological polar surface area (TPSA) is 75.4 Å². The van der Waals surface area contributed by atoms with Gasteiger partial charge in [0.15, 0.2) is 0 Å². The highest BCUT2D eigenvalue weighted by molar-refractivity contribution is 5.62. The van der Waals surface area contributed by atoms with E-state index >= 15 is 0 Å². The average molecular weight is 252 g/mol. The lowest BCUT2D eigenvalue weighted by Crippen LogP contribution is -2.08. The Hall–Kier alpha value is -1.62. The molecule has 5 heteroatoms. The number of nitro benzene ring substituents is 1. The van der Waals surface area contributed by atoms with E-state index in [0.29, 0.717) is 12.2 Å². The van der Waals surface area contributed by atoms with Gasteiger partial charge in [-0.3, -0.25) is 10.1 Å². The maximum atomic E-state index is 10.9. The van der Waals surface area contributed by atoms with Crippen molar-refractivity contribution in [2.45, 2.75) is 26.7 Å². The van der Waals surface area contributed by atoms with Crippen molar-refractivity contribution in [1.29, 1.82) is 0 Å². The summed E-state index contributed by atoms with van der Waals surface area (Å²) in [7, 11) is 0. The maximum absolute atomic E-state index is 10.9. The summed E-state index contributed by atoms with van der Waals surface area (Å²) in [6.45, 7) is 4.75. The zero-order chi connectivity index (χ0) is 13.5. The van der Waals surface area contributed by atoms with Crippen molar-refractivity contribution in [2.24, 2.45) is 5.92 Å². The second-order valence-corrected chi connectivity index (χ2v) is 4.63. The lowest BCUT2D eigenvalue weighted by atomic mass is 10.1. The average Bonchev–Trinajstić information content (AvgIpc) is 2.34. The molecule has 100 valence electrons. The van der Waals surface area contributed by atoms with E-state index in [1.54, 1.807) is 12.1 Å². The lowest BCUT2D eigenvalue weighted by Gasteiger charge is -2.10. The summed E-state index contributed by atoms with van der Waals surface area (Å²) in [6, 6.07) is 5.04. The van der Waals surface area contributed by atoms with Crippen LogP contribution < -0.4 is 5.32 Å². The molecule has 0 spiro atoms. The van der Waals surface area contributed by atoms with Crippen molar-refractivity contribution in [3.63, 3.8) is 0 Å². The van der Waals surface area contributed by atoms with Gasteiger partial charge in [-0.2, -0.15) is 0 Å². The standard InChI is InChI=1S/C13H20N2O3/c1-10-5-6-13(15(17)18)12(8-10)14-7-3-4-11(2)9-16/h5-6,8,11,14,16H,3-4,7,9H2,1-2H3. The largest absolute Gasteiger partial charge is 0.396 e. The Bertz CT molecular complexity index is 407. The molecule has 0 saturated heterocycles. The van der Waals surface area contributed by atoms with Crippen LogP contribution in [0.2, 0.25) is 0 Å². The molecule has 1 rings (SSSR count). The fourth-order valence-corrected chi connectivity index (χ4v) is 1.72. The van der Waals surface area contributed by atoms with Gasteiger partial charge in [-0.1, -0.05) is 13.0 Å². The van der Waals surface area contributed by atoms with Gasteiger partial charge in [-0.05, 0) is 37.3 Å². The third-order valence-electron chi connectivity index (χ3n) is 2.85. The van der Waals surface area contributed by atoms with E-state index in [1.807, 2.05) is 13.8 Å². The second kappa shape index (κ2) is 6.96. The number of nitrogens with zero attached hydrogens (tertiary/aromatic N) is 1. The number of aliphatic hydroxyl groups excluding tert-OH is 1. The normalized spacial score (nSPS) is 12.2. The summed E-state index contributed by atoms with van der Waals surface area (Å²) < 4.78 is 0. The van der Waals surface area contributed by atoms with Gasteiger partial charge in [0, 0.05) is 19.2 Å². The number of nitrogens with one attached hydrogen (secondary N) is 1. The molecule has 0 aliphatic carbocycles. The lowest BCUT2D eigenvalue weighted by molar-refractivity contribution is -0.384. The number of rotatable bonds is 7. The first kappa shape index (κ1) is 14.4. The third-order valence-corrected chi connectivity index (χ3v) is 2.85. The van der Waals surface area contributed by atoms with Crippen molar-refractivity contribution in [1.82, 2.24) is 0 Å². The molecule has 5 nitrogen and oxygen atoms in total. The highest BCUT2D eigenvalue weighted by atomic mass is 16.6. The molecule has 0 fully saturated rings. The first-order chi connectivity index (χ1) is 8.54. The van der Waals surface area contributed by atoms with Gasteiger partial charge in [0.1, 0.15) is 5.69 Å². The van der Waals surface area contributed by atoms with Crippen LogP contribution in [0.5, 0.6) is 0 Å². The van der Waals surface area contributed by atoms with Crippen molar-refractivity contribution in [3.8, 4) is 0 Å². The van der Waals surface area contributed by atoms with E-state index in [4.69, 9.17) is 5.11 Å². The fourth-order valence-electron chi connectivity index (χ4n) is 1.72. The van der Waals surface area contributed by atoms with Crippen LogP contribution in [0.4, 0.5) is 11.4 Å². The SMILES string of the molecule is Cc1ccc([N+](=O)[O-])c(NCCCC(C)CO)c1. The predicted octanol–water partition coefficient (Wildman–Crippen LogP) is 2.72. The monoisotopic (exact) mass is 252 g/mol.